The predicted octanol–water partition coefficient (Wildman–Crippen LogP) is 4.77. The number of ketones is 1. The Hall–Kier alpha value is -2.72. The molecule has 3 aromatic rings. The van der Waals surface area contributed by atoms with E-state index < -0.39 is 0 Å². The molecule has 5 heteroatoms. The Morgan fingerprint density at radius 1 is 0.875 bits per heavy atom. The van der Waals surface area contributed by atoms with Crippen molar-refractivity contribution < 1.29 is 9.53 Å². The Morgan fingerprint density at radius 3 is 1.92 bits per heavy atom. The highest BCUT2D eigenvalue weighted by Crippen LogP contribution is 2.21. The lowest BCUT2D eigenvalue weighted by molar-refractivity contribution is 0.103. The van der Waals surface area contributed by atoms with Gasteiger partial charge in [-0.2, -0.15) is 0 Å². The van der Waals surface area contributed by atoms with Crippen LogP contribution in [0.4, 0.5) is 0 Å². The minimum absolute atomic E-state index is 0.0686. The number of ether oxygens (including phenoxy) is 1. The standard InChI is InChI=1S/C19H15ClN2O2/c1-12-11-13(2)22-19(21-12)24-17-9-5-15(6-10-17)18(23)14-3-7-16(20)8-4-14/h3-11H,1-2H3. The summed E-state index contributed by atoms with van der Waals surface area (Å²) in [5.41, 5.74) is 2.84. The van der Waals surface area contributed by atoms with Gasteiger partial charge in [-0.25, -0.2) is 9.97 Å². The summed E-state index contributed by atoms with van der Waals surface area (Å²) in [6.07, 6.45) is 0. The molecular formula is C19H15ClN2O2. The molecule has 1 heterocycles. The van der Waals surface area contributed by atoms with Gasteiger partial charge in [-0.15, -0.1) is 0 Å². The van der Waals surface area contributed by atoms with Crippen LogP contribution in [0.15, 0.2) is 54.6 Å². The van der Waals surface area contributed by atoms with Gasteiger partial charge in [0.05, 0.1) is 0 Å². The van der Waals surface area contributed by atoms with Crippen LogP contribution in [0.2, 0.25) is 5.02 Å². The first-order chi connectivity index (χ1) is 11.5. The summed E-state index contributed by atoms with van der Waals surface area (Å²) in [7, 11) is 0. The van der Waals surface area contributed by atoms with Gasteiger partial charge >= 0.3 is 6.01 Å². The largest absolute Gasteiger partial charge is 0.424 e. The molecule has 0 aliphatic heterocycles. The van der Waals surface area contributed by atoms with Crippen LogP contribution in [0.5, 0.6) is 11.8 Å². The molecule has 0 fully saturated rings. The molecule has 0 bridgehead atoms. The van der Waals surface area contributed by atoms with Crippen molar-refractivity contribution in [3.63, 3.8) is 0 Å². The second kappa shape index (κ2) is 6.81. The van der Waals surface area contributed by atoms with Crippen LogP contribution in [0.3, 0.4) is 0 Å². The zero-order chi connectivity index (χ0) is 17.1. The molecule has 0 spiro atoms. The van der Waals surface area contributed by atoms with Gasteiger partial charge in [0.15, 0.2) is 5.78 Å². The molecule has 0 atom stereocenters. The molecule has 0 unspecified atom stereocenters. The summed E-state index contributed by atoms with van der Waals surface area (Å²) >= 11 is 5.84. The van der Waals surface area contributed by atoms with Crippen molar-refractivity contribution in [2.24, 2.45) is 0 Å². The minimum Gasteiger partial charge on any atom is -0.424 e. The molecule has 24 heavy (non-hydrogen) atoms. The Morgan fingerprint density at radius 2 is 1.38 bits per heavy atom. The number of hydrogen-bond donors (Lipinski definition) is 0. The maximum atomic E-state index is 12.4. The minimum atomic E-state index is -0.0686. The van der Waals surface area contributed by atoms with Gasteiger partial charge in [-0.3, -0.25) is 4.79 Å². The first-order valence-corrected chi connectivity index (χ1v) is 7.79. The lowest BCUT2D eigenvalue weighted by Gasteiger charge is -2.06. The van der Waals surface area contributed by atoms with Crippen LogP contribution >= 0.6 is 11.6 Å². The topological polar surface area (TPSA) is 52.1 Å². The van der Waals surface area contributed by atoms with E-state index in [0.717, 1.165) is 11.4 Å². The Bertz CT molecular complexity index is 855. The molecule has 0 aliphatic rings. The van der Waals surface area contributed by atoms with E-state index in [1.807, 2.05) is 19.9 Å². The van der Waals surface area contributed by atoms with E-state index in [4.69, 9.17) is 16.3 Å². The fraction of sp³-hybridized carbons (Fsp3) is 0.105. The quantitative estimate of drug-likeness (QED) is 0.643. The van der Waals surface area contributed by atoms with Gasteiger partial charge in [0.2, 0.25) is 0 Å². The molecule has 0 saturated carbocycles. The highest BCUT2D eigenvalue weighted by Gasteiger charge is 2.10. The third-order valence-electron chi connectivity index (χ3n) is 3.39. The van der Waals surface area contributed by atoms with Crippen molar-refractivity contribution >= 4 is 17.4 Å². The van der Waals surface area contributed by atoms with E-state index in [-0.39, 0.29) is 5.78 Å². The van der Waals surface area contributed by atoms with Crippen molar-refractivity contribution in [2.75, 3.05) is 0 Å². The van der Waals surface area contributed by atoms with E-state index in [9.17, 15) is 4.79 Å². The summed E-state index contributed by atoms with van der Waals surface area (Å²) in [6.45, 7) is 3.77. The number of aryl methyl sites for hydroxylation is 2. The van der Waals surface area contributed by atoms with Gasteiger partial charge in [0.1, 0.15) is 5.75 Å². The lowest BCUT2D eigenvalue weighted by Crippen LogP contribution is -2.01. The average molecular weight is 339 g/mol. The summed E-state index contributed by atoms with van der Waals surface area (Å²) in [6, 6.07) is 15.9. The van der Waals surface area contributed by atoms with E-state index in [1.165, 1.54) is 0 Å². The Balaban J connectivity index is 1.77. The normalized spacial score (nSPS) is 10.5. The first-order valence-electron chi connectivity index (χ1n) is 7.42. The van der Waals surface area contributed by atoms with E-state index in [2.05, 4.69) is 9.97 Å². The zero-order valence-electron chi connectivity index (χ0n) is 13.3. The number of nitrogens with zero attached hydrogens (tertiary/aromatic N) is 2. The first kappa shape index (κ1) is 16.1. The fourth-order valence-corrected chi connectivity index (χ4v) is 2.41. The summed E-state index contributed by atoms with van der Waals surface area (Å²) in [5, 5.41) is 0.601. The van der Waals surface area contributed by atoms with Gasteiger partial charge in [-0.05, 0) is 68.4 Å². The smallest absolute Gasteiger partial charge is 0.322 e. The molecule has 1 aromatic heterocycles. The van der Waals surface area contributed by atoms with E-state index in [1.54, 1.807) is 48.5 Å². The molecule has 0 amide bonds. The van der Waals surface area contributed by atoms with Crippen LogP contribution in [0, 0.1) is 13.8 Å². The van der Waals surface area contributed by atoms with Crippen molar-refractivity contribution in [3.05, 3.63) is 82.1 Å². The molecule has 0 aliphatic carbocycles. The van der Waals surface area contributed by atoms with Crippen LogP contribution in [-0.4, -0.2) is 15.8 Å². The number of carbonyl (C=O) groups excluding carboxylic acids is 1. The molecule has 0 saturated heterocycles. The number of hydrogen-bond acceptors (Lipinski definition) is 4. The molecule has 2 aromatic carbocycles. The zero-order valence-corrected chi connectivity index (χ0v) is 14.0. The second-order valence-corrected chi connectivity index (χ2v) is 5.83. The number of halogens is 1. The molecular weight excluding hydrogens is 324 g/mol. The van der Waals surface area contributed by atoms with Crippen LogP contribution in [0.25, 0.3) is 0 Å². The highest BCUT2D eigenvalue weighted by atomic mass is 35.5. The van der Waals surface area contributed by atoms with Crippen LogP contribution in [-0.2, 0) is 0 Å². The van der Waals surface area contributed by atoms with Crippen molar-refractivity contribution in [3.8, 4) is 11.8 Å². The number of rotatable bonds is 4. The molecule has 0 radical (unpaired) electrons. The molecule has 4 nitrogen and oxygen atoms in total. The average Bonchev–Trinajstić information content (AvgIpc) is 2.55. The predicted molar refractivity (Wildman–Crippen MR) is 92.9 cm³/mol. The summed E-state index contributed by atoms with van der Waals surface area (Å²) < 4.78 is 5.65. The Kier molecular flexibility index (Phi) is 4.58. The maximum Gasteiger partial charge on any atom is 0.322 e. The number of benzene rings is 2. The molecule has 120 valence electrons. The maximum absolute atomic E-state index is 12.4. The van der Waals surface area contributed by atoms with Crippen molar-refractivity contribution in [2.45, 2.75) is 13.8 Å². The SMILES string of the molecule is Cc1cc(C)nc(Oc2ccc(C(=O)c3ccc(Cl)cc3)cc2)n1. The van der Waals surface area contributed by atoms with Crippen LogP contribution in [0.1, 0.15) is 27.3 Å². The second-order valence-electron chi connectivity index (χ2n) is 5.40. The van der Waals surface area contributed by atoms with Gasteiger partial charge in [0.25, 0.3) is 0 Å². The van der Waals surface area contributed by atoms with E-state index in [0.29, 0.717) is 27.9 Å². The lowest BCUT2D eigenvalue weighted by atomic mass is 10.0. The van der Waals surface area contributed by atoms with Crippen molar-refractivity contribution in [1.29, 1.82) is 0 Å². The third kappa shape index (κ3) is 3.78. The van der Waals surface area contributed by atoms with Gasteiger partial charge in [0, 0.05) is 27.5 Å². The summed E-state index contributed by atoms with van der Waals surface area (Å²) in [4.78, 5) is 20.9. The monoisotopic (exact) mass is 338 g/mol. The summed E-state index contributed by atoms with van der Waals surface area (Å²) in [5.74, 6) is 0.508. The van der Waals surface area contributed by atoms with Crippen LogP contribution < -0.4 is 4.74 Å². The van der Waals surface area contributed by atoms with Gasteiger partial charge < -0.3 is 4.74 Å². The van der Waals surface area contributed by atoms with E-state index >= 15 is 0 Å². The highest BCUT2D eigenvalue weighted by molar-refractivity contribution is 6.30. The van der Waals surface area contributed by atoms with Crippen molar-refractivity contribution in [1.82, 2.24) is 9.97 Å². The number of carbonyl (C=O) groups is 1. The molecule has 3 rings (SSSR count). The van der Waals surface area contributed by atoms with Gasteiger partial charge in [-0.1, -0.05) is 11.6 Å². The molecule has 0 N–H and O–H groups in total. The Labute approximate surface area is 145 Å². The fourth-order valence-electron chi connectivity index (χ4n) is 2.29. The third-order valence-corrected chi connectivity index (χ3v) is 3.65. The number of aromatic nitrogens is 2.